The molecule has 0 aliphatic rings. The molecule has 0 N–H and O–H groups in total. The molecule has 112 valence electrons. The van der Waals surface area contributed by atoms with Gasteiger partial charge in [0.2, 0.25) is 0 Å². The molecule has 0 unspecified atom stereocenters. The van der Waals surface area contributed by atoms with E-state index in [1.54, 1.807) is 0 Å². The van der Waals surface area contributed by atoms with Crippen molar-refractivity contribution in [3.05, 3.63) is 96.1 Å². The Morgan fingerprint density at radius 1 is 0.696 bits per heavy atom. The van der Waals surface area contributed by atoms with E-state index < -0.39 is 0 Å². The van der Waals surface area contributed by atoms with Crippen molar-refractivity contribution in [1.29, 1.82) is 0 Å². The molecule has 1 aromatic heterocycles. The molecule has 23 heavy (non-hydrogen) atoms. The van der Waals surface area contributed by atoms with Gasteiger partial charge in [0, 0.05) is 24.4 Å². The highest BCUT2D eigenvalue weighted by molar-refractivity contribution is 5.92. The summed E-state index contributed by atoms with van der Waals surface area (Å²) in [5.74, 6) is 0. The quantitative estimate of drug-likeness (QED) is 0.475. The first kappa shape index (κ1) is 13.8. The highest BCUT2D eigenvalue weighted by Crippen LogP contribution is 2.34. The molecule has 0 saturated heterocycles. The summed E-state index contributed by atoms with van der Waals surface area (Å²) >= 11 is 0. The van der Waals surface area contributed by atoms with E-state index in [-0.39, 0.29) is 0 Å². The van der Waals surface area contributed by atoms with E-state index in [0.717, 1.165) is 6.42 Å². The molecular formula is C22H19N. The van der Waals surface area contributed by atoms with Crippen LogP contribution in [-0.2, 0) is 13.5 Å². The zero-order chi connectivity index (χ0) is 15.6. The van der Waals surface area contributed by atoms with E-state index in [1.807, 2.05) is 0 Å². The summed E-state index contributed by atoms with van der Waals surface area (Å²) in [5, 5.41) is 1.35. The topological polar surface area (TPSA) is 4.93 Å². The first-order chi connectivity index (χ1) is 11.3. The lowest BCUT2D eigenvalue weighted by molar-refractivity contribution is 0.968. The monoisotopic (exact) mass is 297 g/mol. The first-order valence-corrected chi connectivity index (χ1v) is 8.00. The van der Waals surface area contributed by atoms with Gasteiger partial charge in [-0.05, 0) is 22.8 Å². The van der Waals surface area contributed by atoms with Crippen LogP contribution in [0.1, 0.15) is 11.1 Å². The smallest absolute Gasteiger partial charge is 0.0524 e. The Hall–Kier alpha value is -2.80. The van der Waals surface area contributed by atoms with Gasteiger partial charge in [0.25, 0.3) is 0 Å². The van der Waals surface area contributed by atoms with Crippen molar-refractivity contribution >= 4 is 10.9 Å². The van der Waals surface area contributed by atoms with Crippen LogP contribution in [0.25, 0.3) is 22.2 Å². The number of aromatic nitrogens is 1. The summed E-state index contributed by atoms with van der Waals surface area (Å²) in [5.41, 5.74) is 6.63. The minimum absolute atomic E-state index is 0.951. The van der Waals surface area contributed by atoms with E-state index in [0.29, 0.717) is 0 Å². The Morgan fingerprint density at radius 3 is 2.04 bits per heavy atom. The highest BCUT2D eigenvalue weighted by atomic mass is 14.9. The molecule has 1 heteroatoms. The summed E-state index contributed by atoms with van der Waals surface area (Å²) in [6.07, 6.45) is 0.951. The number of hydrogen-bond donors (Lipinski definition) is 0. The predicted octanol–water partition coefficient (Wildman–Crippen LogP) is 5.44. The van der Waals surface area contributed by atoms with Gasteiger partial charge in [-0.3, -0.25) is 0 Å². The van der Waals surface area contributed by atoms with Crippen molar-refractivity contribution in [2.75, 3.05) is 0 Å². The first-order valence-electron chi connectivity index (χ1n) is 8.00. The normalized spacial score (nSPS) is 11.0. The Kier molecular flexibility index (Phi) is 3.47. The number of rotatable bonds is 3. The van der Waals surface area contributed by atoms with Gasteiger partial charge >= 0.3 is 0 Å². The minimum Gasteiger partial charge on any atom is -0.343 e. The maximum atomic E-state index is 2.32. The van der Waals surface area contributed by atoms with Gasteiger partial charge in [-0.2, -0.15) is 0 Å². The van der Waals surface area contributed by atoms with Gasteiger partial charge in [0.1, 0.15) is 0 Å². The van der Waals surface area contributed by atoms with Gasteiger partial charge in [-0.15, -0.1) is 0 Å². The zero-order valence-electron chi connectivity index (χ0n) is 13.2. The molecule has 0 radical (unpaired) electrons. The van der Waals surface area contributed by atoms with Crippen LogP contribution in [0.15, 0.2) is 84.9 Å². The van der Waals surface area contributed by atoms with Crippen molar-refractivity contribution in [2.45, 2.75) is 6.42 Å². The number of benzene rings is 3. The van der Waals surface area contributed by atoms with Gasteiger partial charge < -0.3 is 4.57 Å². The van der Waals surface area contributed by atoms with E-state index in [4.69, 9.17) is 0 Å². The third-order valence-corrected chi connectivity index (χ3v) is 4.48. The minimum atomic E-state index is 0.951. The predicted molar refractivity (Wildman–Crippen MR) is 97.6 cm³/mol. The fraction of sp³-hybridized carbons (Fsp3) is 0.0909. The van der Waals surface area contributed by atoms with Crippen molar-refractivity contribution in [3.8, 4) is 11.3 Å². The fourth-order valence-electron chi connectivity index (χ4n) is 3.41. The molecule has 1 nitrogen and oxygen atoms in total. The summed E-state index contributed by atoms with van der Waals surface area (Å²) in [7, 11) is 2.17. The third kappa shape index (κ3) is 2.44. The highest BCUT2D eigenvalue weighted by Gasteiger charge is 2.16. The molecule has 3 aromatic carbocycles. The van der Waals surface area contributed by atoms with Crippen LogP contribution < -0.4 is 0 Å². The van der Waals surface area contributed by atoms with Crippen molar-refractivity contribution < 1.29 is 0 Å². The number of fused-ring (bicyclic) bond motifs is 1. The number of para-hydroxylation sites is 1. The lowest BCUT2D eigenvalue weighted by Crippen LogP contribution is -1.95. The molecule has 0 aliphatic carbocycles. The molecule has 1 heterocycles. The molecule has 0 fully saturated rings. The molecule has 0 aliphatic heterocycles. The SMILES string of the molecule is Cn1c(-c2ccccc2)c(Cc2ccccc2)c2ccccc21. The second-order valence-electron chi connectivity index (χ2n) is 5.93. The molecule has 4 aromatic rings. The maximum Gasteiger partial charge on any atom is 0.0524 e. The largest absolute Gasteiger partial charge is 0.343 e. The molecule has 0 spiro atoms. The summed E-state index contributed by atoms with van der Waals surface area (Å²) in [4.78, 5) is 0. The van der Waals surface area contributed by atoms with Crippen molar-refractivity contribution in [2.24, 2.45) is 7.05 Å². The van der Waals surface area contributed by atoms with Gasteiger partial charge in [-0.1, -0.05) is 78.9 Å². The average Bonchev–Trinajstić information content (AvgIpc) is 2.89. The van der Waals surface area contributed by atoms with Gasteiger partial charge in [0.05, 0.1) is 5.69 Å². The van der Waals surface area contributed by atoms with E-state index >= 15 is 0 Å². The molecular weight excluding hydrogens is 278 g/mol. The summed E-state index contributed by atoms with van der Waals surface area (Å²) in [6.45, 7) is 0. The Bertz CT molecular complexity index is 934. The summed E-state index contributed by atoms with van der Waals surface area (Å²) < 4.78 is 2.32. The van der Waals surface area contributed by atoms with E-state index in [9.17, 15) is 0 Å². The molecule has 0 amide bonds. The second-order valence-corrected chi connectivity index (χ2v) is 5.93. The molecule has 4 rings (SSSR count). The third-order valence-electron chi connectivity index (χ3n) is 4.48. The van der Waals surface area contributed by atoms with E-state index in [2.05, 4.69) is 96.5 Å². The fourth-order valence-corrected chi connectivity index (χ4v) is 3.41. The van der Waals surface area contributed by atoms with Crippen LogP contribution in [0.2, 0.25) is 0 Å². The van der Waals surface area contributed by atoms with E-state index in [1.165, 1.54) is 33.3 Å². The lowest BCUT2D eigenvalue weighted by Gasteiger charge is -2.09. The Balaban J connectivity index is 1.97. The lowest BCUT2D eigenvalue weighted by atomic mass is 9.98. The second kappa shape index (κ2) is 5.77. The van der Waals surface area contributed by atoms with Crippen molar-refractivity contribution in [1.82, 2.24) is 4.57 Å². The van der Waals surface area contributed by atoms with Gasteiger partial charge in [-0.25, -0.2) is 0 Å². The van der Waals surface area contributed by atoms with Gasteiger partial charge in [0.15, 0.2) is 0 Å². The summed E-state index contributed by atoms with van der Waals surface area (Å²) in [6, 6.07) is 30.1. The number of aryl methyl sites for hydroxylation is 1. The van der Waals surface area contributed by atoms with Crippen LogP contribution in [0.5, 0.6) is 0 Å². The Morgan fingerprint density at radius 2 is 1.30 bits per heavy atom. The standard InChI is InChI=1S/C22H19N/c1-23-21-15-9-8-14-19(21)20(16-17-10-4-2-5-11-17)22(23)18-12-6-3-7-13-18/h2-15H,16H2,1H3. The van der Waals surface area contributed by atoms with Crippen LogP contribution in [-0.4, -0.2) is 4.57 Å². The zero-order valence-corrected chi connectivity index (χ0v) is 13.2. The number of hydrogen-bond acceptors (Lipinski definition) is 0. The maximum absolute atomic E-state index is 2.32. The molecule has 0 bridgehead atoms. The molecule has 0 saturated carbocycles. The van der Waals surface area contributed by atoms with Crippen LogP contribution in [0.3, 0.4) is 0 Å². The average molecular weight is 297 g/mol. The van der Waals surface area contributed by atoms with Crippen molar-refractivity contribution in [3.63, 3.8) is 0 Å². The van der Waals surface area contributed by atoms with Crippen LogP contribution >= 0.6 is 0 Å². The van der Waals surface area contributed by atoms with Crippen LogP contribution in [0, 0.1) is 0 Å². The number of nitrogens with zero attached hydrogens (tertiary/aromatic N) is 1. The molecule has 0 atom stereocenters. The van der Waals surface area contributed by atoms with Crippen LogP contribution in [0.4, 0.5) is 0 Å². The Labute approximate surface area is 136 Å².